The second kappa shape index (κ2) is 6.73. The molecule has 0 unspecified atom stereocenters. The molecule has 0 spiro atoms. The lowest BCUT2D eigenvalue weighted by atomic mass is 9.89. The minimum absolute atomic E-state index is 0.0361. The highest BCUT2D eigenvalue weighted by atomic mass is 16.4. The smallest absolute Gasteiger partial charge is 0.322 e. The normalized spacial score (nSPS) is 15.3. The fourth-order valence-corrected chi connectivity index (χ4v) is 2.83. The maximum absolute atomic E-state index is 12.2. The third-order valence-corrected chi connectivity index (χ3v) is 4.17. The van der Waals surface area contributed by atoms with Crippen LogP contribution in [0.5, 0.6) is 0 Å². The van der Waals surface area contributed by atoms with Crippen molar-refractivity contribution < 1.29 is 14.0 Å². The van der Waals surface area contributed by atoms with Crippen molar-refractivity contribution >= 4 is 17.7 Å². The van der Waals surface area contributed by atoms with Crippen LogP contribution in [0.4, 0.5) is 6.01 Å². The topological polar surface area (TPSA) is 85.1 Å². The number of amides is 1. The van der Waals surface area contributed by atoms with Gasteiger partial charge in [0.2, 0.25) is 5.89 Å². The van der Waals surface area contributed by atoms with Crippen LogP contribution in [-0.4, -0.2) is 21.9 Å². The minimum atomic E-state index is -0.334. The summed E-state index contributed by atoms with van der Waals surface area (Å²) in [4.78, 5) is 23.4. The van der Waals surface area contributed by atoms with Crippen molar-refractivity contribution in [3.8, 4) is 0 Å². The molecule has 120 valence electrons. The Balaban J connectivity index is 1.65. The van der Waals surface area contributed by atoms with Crippen LogP contribution in [0.25, 0.3) is 0 Å². The van der Waals surface area contributed by atoms with Gasteiger partial charge in [-0.25, -0.2) is 0 Å². The molecule has 1 N–H and O–H groups in total. The third kappa shape index (κ3) is 3.64. The molecular formula is C17H19N3O3. The zero-order valence-electron chi connectivity index (χ0n) is 13.0. The summed E-state index contributed by atoms with van der Waals surface area (Å²) >= 11 is 0. The van der Waals surface area contributed by atoms with Crippen LogP contribution in [0.1, 0.15) is 71.6 Å². The first-order valence-electron chi connectivity index (χ1n) is 7.89. The van der Waals surface area contributed by atoms with Crippen LogP contribution in [-0.2, 0) is 0 Å². The van der Waals surface area contributed by atoms with E-state index in [4.69, 9.17) is 4.42 Å². The number of anilines is 1. The van der Waals surface area contributed by atoms with Gasteiger partial charge >= 0.3 is 6.01 Å². The number of carbonyl (C=O) groups excluding carboxylic acids is 2. The van der Waals surface area contributed by atoms with E-state index in [9.17, 15) is 9.59 Å². The van der Waals surface area contributed by atoms with Crippen molar-refractivity contribution in [1.82, 2.24) is 10.2 Å². The predicted molar refractivity (Wildman–Crippen MR) is 84.5 cm³/mol. The highest BCUT2D eigenvalue weighted by Gasteiger charge is 2.22. The fourth-order valence-electron chi connectivity index (χ4n) is 2.83. The Hall–Kier alpha value is -2.50. The van der Waals surface area contributed by atoms with Crippen molar-refractivity contribution in [3.63, 3.8) is 0 Å². The first-order valence-corrected chi connectivity index (χ1v) is 7.89. The molecule has 1 amide bonds. The van der Waals surface area contributed by atoms with E-state index in [0.717, 1.165) is 12.8 Å². The van der Waals surface area contributed by atoms with Gasteiger partial charge in [0.15, 0.2) is 5.78 Å². The van der Waals surface area contributed by atoms with Crippen molar-refractivity contribution in [1.29, 1.82) is 0 Å². The predicted octanol–water partition coefficient (Wildman–Crippen LogP) is 3.57. The van der Waals surface area contributed by atoms with Crippen LogP contribution >= 0.6 is 0 Å². The van der Waals surface area contributed by atoms with Gasteiger partial charge < -0.3 is 4.42 Å². The van der Waals surface area contributed by atoms with Gasteiger partial charge in [0, 0.05) is 17.0 Å². The number of carbonyl (C=O) groups is 2. The Kier molecular flexibility index (Phi) is 4.50. The van der Waals surface area contributed by atoms with Gasteiger partial charge in [0.25, 0.3) is 5.91 Å². The molecule has 1 aromatic heterocycles. The molecule has 0 saturated heterocycles. The summed E-state index contributed by atoms with van der Waals surface area (Å²) in [6.45, 7) is 1.49. The third-order valence-electron chi connectivity index (χ3n) is 4.17. The molecule has 6 nitrogen and oxygen atoms in total. The van der Waals surface area contributed by atoms with Gasteiger partial charge in [-0.1, -0.05) is 36.5 Å². The molecule has 0 atom stereocenters. The summed E-state index contributed by atoms with van der Waals surface area (Å²) in [5.41, 5.74) is 1.01. The summed E-state index contributed by atoms with van der Waals surface area (Å²) in [7, 11) is 0. The van der Waals surface area contributed by atoms with E-state index in [2.05, 4.69) is 15.5 Å². The van der Waals surface area contributed by atoms with Gasteiger partial charge in [-0.3, -0.25) is 14.9 Å². The first-order chi connectivity index (χ1) is 11.1. The van der Waals surface area contributed by atoms with E-state index in [-0.39, 0.29) is 17.7 Å². The van der Waals surface area contributed by atoms with Crippen LogP contribution in [0.2, 0.25) is 0 Å². The van der Waals surface area contributed by atoms with Crippen LogP contribution in [0.3, 0.4) is 0 Å². The van der Waals surface area contributed by atoms with E-state index >= 15 is 0 Å². The number of nitrogens with one attached hydrogen (secondary N) is 1. The van der Waals surface area contributed by atoms with E-state index in [1.165, 1.54) is 26.2 Å². The zero-order chi connectivity index (χ0) is 16.2. The Labute approximate surface area is 134 Å². The summed E-state index contributed by atoms with van der Waals surface area (Å²) in [5, 5.41) is 10.6. The lowest BCUT2D eigenvalue weighted by Gasteiger charge is -2.17. The van der Waals surface area contributed by atoms with E-state index in [0.29, 0.717) is 22.9 Å². The van der Waals surface area contributed by atoms with Crippen LogP contribution in [0.15, 0.2) is 28.7 Å². The molecule has 23 heavy (non-hydrogen) atoms. The fraction of sp³-hybridized carbons (Fsp3) is 0.412. The molecule has 0 aliphatic heterocycles. The number of hydrogen-bond donors (Lipinski definition) is 1. The molecule has 1 aromatic carbocycles. The lowest BCUT2D eigenvalue weighted by Crippen LogP contribution is -2.12. The zero-order valence-corrected chi connectivity index (χ0v) is 13.0. The molecule has 1 saturated carbocycles. The van der Waals surface area contributed by atoms with Crippen molar-refractivity contribution in [2.24, 2.45) is 0 Å². The van der Waals surface area contributed by atoms with Crippen molar-refractivity contribution in [2.75, 3.05) is 5.32 Å². The number of ketones is 1. The van der Waals surface area contributed by atoms with Crippen LogP contribution < -0.4 is 5.32 Å². The lowest BCUT2D eigenvalue weighted by molar-refractivity contribution is 0.100. The number of benzene rings is 1. The van der Waals surface area contributed by atoms with Gasteiger partial charge in [-0.2, -0.15) is 0 Å². The molecule has 0 radical (unpaired) electrons. The van der Waals surface area contributed by atoms with Gasteiger partial charge in [0.05, 0.1) is 0 Å². The number of aromatic nitrogens is 2. The van der Waals surface area contributed by atoms with Crippen molar-refractivity contribution in [2.45, 2.75) is 44.9 Å². The molecular weight excluding hydrogens is 294 g/mol. The van der Waals surface area contributed by atoms with E-state index < -0.39 is 0 Å². The second-order valence-corrected chi connectivity index (χ2v) is 5.87. The molecule has 1 aliphatic carbocycles. The quantitative estimate of drug-likeness (QED) is 0.872. The first kappa shape index (κ1) is 15.4. The number of rotatable bonds is 4. The van der Waals surface area contributed by atoms with Crippen molar-refractivity contribution in [3.05, 3.63) is 41.3 Å². The standard InChI is InChI=1S/C17H19N3O3/c1-11(21)12-7-9-13(10-8-12)15(22)18-17-20-19-16(23-17)14-5-3-2-4-6-14/h7-10,14H,2-6H2,1H3,(H,18,20,22). The van der Waals surface area contributed by atoms with E-state index in [1.807, 2.05) is 0 Å². The molecule has 3 rings (SSSR count). The Morgan fingerprint density at radius 2 is 1.70 bits per heavy atom. The summed E-state index contributed by atoms with van der Waals surface area (Å²) in [6.07, 6.45) is 5.73. The minimum Gasteiger partial charge on any atom is -0.408 e. The average Bonchev–Trinajstić information content (AvgIpc) is 3.04. The average molecular weight is 313 g/mol. The molecule has 2 aromatic rings. The largest absolute Gasteiger partial charge is 0.408 e. The monoisotopic (exact) mass is 313 g/mol. The highest BCUT2D eigenvalue weighted by Crippen LogP contribution is 2.32. The van der Waals surface area contributed by atoms with E-state index in [1.54, 1.807) is 24.3 Å². The molecule has 1 fully saturated rings. The molecule has 1 heterocycles. The van der Waals surface area contributed by atoms with Gasteiger partial charge in [-0.15, -0.1) is 5.10 Å². The SMILES string of the molecule is CC(=O)c1ccc(C(=O)Nc2nnc(C3CCCCC3)o2)cc1. The number of nitrogens with zero attached hydrogens (tertiary/aromatic N) is 2. The molecule has 6 heteroatoms. The highest BCUT2D eigenvalue weighted by molar-refractivity contribution is 6.04. The van der Waals surface area contributed by atoms with Crippen LogP contribution in [0, 0.1) is 0 Å². The second-order valence-electron chi connectivity index (χ2n) is 5.87. The van der Waals surface area contributed by atoms with Gasteiger partial charge in [-0.05, 0) is 31.9 Å². The van der Waals surface area contributed by atoms with Gasteiger partial charge in [0.1, 0.15) is 0 Å². The Bertz CT molecular complexity index is 700. The summed E-state index contributed by atoms with van der Waals surface area (Å²) in [5.74, 6) is 0.536. The number of hydrogen-bond acceptors (Lipinski definition) is 5. The maximum atomic E-state index is 12.2. The maximum Gasteiger partial charge on any atom is 0.322 e. The summed E-state index contributed by atoms with van der Waals surface area (Å²) in [6, 6.07) is 6.57. The molecule has 1 aliphatic rings. The summed E-state index contributed by atoms with van der Waals surface area (Å²) < 4.78 is 5.57. The molecule has 0 bridgehead atoms. The number of Topliss-reactive ketones (excluding diaryl/α,β-unsaturated/α-hetero) is 1. The Morgan fingerprint density at radius 1 is 1.04 bits per heavy atom. The Morgan fingerprint density at radius 3 is 2.35 bits per heavy atom.